The van der Waals surface area contributed by atoms with E-state index >= 15 is 0 Å². The van der Waals surface area contributed by atoms with E-state index in [0.29, 0.717) is 0 Å². The number of fused-ring (bicyclic) bond motifs is 1. The van der Waals surface area contributed by atoms with Crippen molar-refractivity contribution in [2.45, 2.75) is 30.7 Å². The summed E-state index contributed by atoms with van der Waals surface area (Å²) in [6.45, 7) is -0.742. The van der Waals surface area contributed by atoms with Gasteiger partial charge in [-0.1, -0.05) is 0 Å². The van der Waals surface area contributed by atoms with E-state index in [4.69, 9.17) is 23.4 Å². The van der Waals surface area contributed by atoms with Gasteiger partial charge in [-0.3, -0.25) is 4.79 Å². The number of ether oxygens (including phenoxy) is 4. The van der Waals surface area contributed by atoms with Gasteiger partial charge in [-0.15, -0.1) is 0 Å². The molecule has 194 valence electrons. The van der Waals surface area contributed by atoms with Crippen molar-refractivity contribution in [3.63, 3.8) is 0 Å². The number of aliphatic hydroxyl groups is 4. The van der Waals surface area contributed by atoms with Crippen LogP contribution in [-0.4, -0.2) is 87.3 Å². The molecule has 4 rings (SSSR count). The summed E-state index contributed by atoms with van der Waals surface area (Å²) in [6, 6.07) is 4.76. The number of aliphatic hydroxyl groups excluding tert-OH is 4. The van der Waals surface area contributed by atoms with Gasteiger partial charge >= 0.3 is 0 Å². The standard InChI is InChI=1S/C23H24O13/c1-32-12-6-11-14(16(28)21(12)33-2)17(29)22(20(34-11)8-3-4-9(25)10(26)5-8)36-23-19(31)18(30)15(27)13(7-24)35-23/h3-6,13,15,18-19,23-28,30-31H,7H2,1-2H3/t13-,15+,18?,19?,23-/m1/s1. The number of benzene rings is 2. The third kappa shape index (κ3) is 4.12. The monoisotopic (exact) mass is 508 g/mol. The zero-order chi connectivity index (χ0) is 26.3. The summed E-state index contributed by atoms with van der Waals surface area (Å²) < 4.78 is 27.1. The lowest BCUT2D eigenvalue weighted by atomic mass is 9.99. The predicted molar refractivity (Wildman–Crippen MR) is 120 cm³/mol. The first kappa shape index (κ1) is 25.3. The largest absolute Gasteiger partial charge is 0.504 e. The van der Waals surface area contributed by atoms with Crippen molar-refractivity contribution >= 4 is 11.0 Å². The number of aromatic hydroxyl groups is 3. The molecule has 1 fully saturated rings. The molecule has 13 heteroatoms. The van der Waals surface area contributed by atoms with E-state index in [2.05, 4.69) is 0 Å². The molecule has 3 aromatic rings. The third-order valence-corrected chi connectivity index (χ3v) is 5.78. The summed E-state index contributed by atoms with van der Waals surface area (Å²) in [6.07, 6.45) is -8.44. The number of hydrogen-bond acceptors (Lipinski definition) is 13. The second kappa shape index (κ2) is 9.72. The average Bonchev–Trinajstić information content (AvgIpc) is 2.86. The van der Waals surface area contributed by atoms with Gasteiger partial charge in [0.2, 0.25) is 23.2 Å². The van der Waals surface area contributed by atoms with E-state index < -0.39 is 65.7 Å². The topological polar surface area (TPSA) is 209 Å². The maximum absolute atomic E-state index is 13.6. The van der Waals surface area contributed by atoms with Crippen molar-refractivity contribution in [3.8, 4) is 45.8 Å². The van der Waals surface area contributed by atoms with Gasteiger partial charge in [-0.25, -0.2) is 0 Å². The van der Waals surface area contributed by atoms with Gasteiger partial charge in [0.05, 0.1) is 20.8 Å². The van der Waals surface area contributed by atoms with Gasteiger partial charge in [0.1, 0.15) is 35.4 Å². The molecule has 0 radical (unpaired) electrons. The van der Waals surface area contributed by atoms with Crippen molar-refractivity contribution in [2.75, 3.05) is 20.8 Å². The molecule has 5 atom stereocenters. The summed E-state index contributed by atoms with van der Waals surface area (Å²) in [4.78, 5) is 13.6. The molecular formula is C23H24O13. The fourth-order valence-electron chi connectivity index (χ4n) is 3.87. The fourth-order valence-corrected chi connectivity index (χ4v) is 3.87. The van der Waals surface area contributed by atoms with Gasteiger partial charge in [0.15, 0.2) is 28.8 Å². The molecule has 0 saturated carbocycles. The number of methoxy groups -OCH3 is 2. The fraction of sp³-hybridized carbons (Fsp3) is 0.348. The summed E-state index contributed by atoms with van der Waals surface area (Å²) in [5.41, 5.74) is -1.09. The predicted octanol–water partition coefficient (Wildman–Crippen LogP) is -0.227. The Balaban J connectivity index is 1.96. The molecule has 36 heavy (non-hydrogen) atoms. The molecule has 13 nitrogen and oxygen atoms in total. The normalized spacial score (nSPS) is 24.0. The van der Waals surface area contributed by atoms with Gasteiger partial charge in [-0.05, 0) is 18.2 Å². The minimum absolute atomic E-state index is 0.0350. The quantitative estimate of drug-likeness (QED) is 0.215. The Hall–Kier alpha value is -3.75. The van der Waals surface area contributed by atoms with Crippen molar-refractivity contribution in [3.05, 3.63) is 34.5 Å². The maximum atomic E-state index is 13.6. The van der Waals surface area contributed by atoms with E-state index in [-0.39, 0.29) is 33.8 Å². The molecular weight excluding hydrogens is 484 g/mol. The lowest BCUT2D eigenvalue weighted by Gasteiger charge is -2.39. The molecule has 1 aromatic heterocycles. The van der Waals surface area contributed by atoms with Crippen LogP contribution < -0.4 is 19.6 Å². The second-order valence-electron chi connectivity index (χ2n) is 7.94. The summed E-state index contributed by atoms with van der Waals surface area (Å²) in [5, 5.41) is 70.0. The first-order valence-corrected chi connectivity index (χ1v) is 10.6. The van der Waals surface area contributed by atoms with E-state index in [1.165, 1.54) is 26.4 Å². The van der Waals surface area contributed by atoms with Crippen LogP contribution in [-0.2, 0) is 4.74 Å². The smallest absolute Gasteiger partial charge is 0.239 e. The molecule has 1 aliphatic heterocycles. The molecule has 2 heterocycles. The average molecular weight is 508 g/mol. The summed E-state index contributed by atoms with van der Waals surface area (Å²) in [5.74, 6) is -2.73. The molecule has 7 N–H and O–H groups in total. The molecule has 2 unspecified atom stereocenters. The van der Waals surface area contributed by atoms with Crippen molar-refractivity contribution < 1.29 is 59.1 Å². The molecule has 2 aromatic carbocycles. The zero-order valence-corrected chi connectivity index (χ0v) is 19.0. The third-order valence-electron chi connectivity index (χ3n) is 5.78. The summed E-state index contributed by atoms with van der Waals surface area (Å²) >= 11 is 0. The second-order valence-corrected chi connectivity index (χ2v) is 7.94. The first-order chi connectivity index (χ1) is 17.1. The highest BCUT2D eigenvalue weighted by Gasteiger charge is 2.45. The Kier molecular flexibility index (Phi) is 6.84. The minimum Gasteiger partial charge on any atom is -0.504 e. The Labute approximate surface area is 202 Å². The Morgan fingerprint density at radius 2 is 1.64 bits per heavy atom. The molecule has 1 aliphatic rings. The lowest BCUT2D eigenvalue weighted by Crippen LogP contribution is -2.60. The van der Waals surface area contributed by atoms with Gasteiger partial charge in [-0.2, -0.15) is 0 Å². The van der Waals surface area contributed by atoms with Crippen molar-refractivity contribution in [2.24, 2.45) is 0 Å². The number of hydrogen-bond donors (Lipinski definition) is 7. The Morgan fingerprint density at radius 3 is 2.25 bits per heavy atom. The number of phenols is 3. The van der Waals surface area contributed by atoms with E-state index in [9.17, 15) is 40.5 Å². The van der Waals surface area contributed by atoms with E-state index in [1.54, 1.807) is 0 Å². The zero-order valence-electron chi connectivity index (χ0n) is 19.0. The highest BCUT2D eigenvalue weighted by Crippen LogP contribution is 2.44. The maximum Gasteiger partial charge on any atom is 0.239 e. The molecule has 0 amide bonds. The van der Waals surface area contributed by atoms with Crippen LogP contribution in [0.1, 0.15) is 0 Å². The van der Waals surface area contributed by atoms with Crippen LogP contribution in [0.2, 0.25) is 0 Å². The highest BCUT2D eigenvalue weighted by atomic mass is 16.7. The molecule has 1 saturated heterocycles. The van der Waals surface area contributed by atoms with Crippen LogP contribution in [0.3, 0.4) is 0 Å². The molecule has 0 aliphatic carbocycles. The van der Waals surface area contributed by atoms with Crippen molar-refractivity contribution in [1.29, 1.82) is 0 Å². The van der Waals surface area contributed by atoms with Crippen LogP contribution in [0.4, 0.5) is 0 Å². The molecule has 0 spiro atoms. The highest BCUT2D eigenvalue weighted by molar-refractivity contribution is 5.91. The lowest BCUT2D eigenvalue weighted by molar-refractivity contribution is -0.277. The SMILES string of the molecule is COc1cc2oc(-c3ccc(O)c(O)c3)c(O[C@H]3O[C@H](CO)[C@H](O)C(O)C3O)c(=O)c2c(O)c1OC. The first-order valence-electron chi connectivity index (χ1n) is 10.6. The minimum atomic E-state index is -1.86. The van der Waals surface area contributed by atoms with Crippen LogP contribution in [0.15, 0.2) is 33.5 Å². The Bertz CT molecular complexity index is 1330. The molecule has 0 bridgehead atoms. The van der Waals surface area contributed by atoms with Crippen LogP contribution >= 0.6 is 0 Å². The van der Waals surface area contributed by atoms with Crippen molar-refractivity contribution in [1.82, 2.24) is 0 Å². The van der Waals surface area contributed by atoms with Crippen LogP contribution in [0.25, 0.3) is 22.3 Å². The summed E-state index contributed by atoms with van der Waals surface area (Å²) in [7, 11) is 2.54. The van der Waals surface area contributed by atoms with E-state index in [1.807, 2.05) is 0 Å². The van der Waals surface area contributed by atoms with E-state index in [0.717, 1.165) is 12.1 Å². The van der Waals surface area contributed by atoms with Gasteiger partial charge in [0, 0.05) is 11.6 Å². The Morgan fingerprint density at radius 1 is 0.917 bits per heavy atom. The van der Waals surface area contributed by atoms with Gasteiger partial charge < -0.3 is 59.1 Å². The van der Waals surface area contributed by atoms with Crippen LogP contribution in [0, 0.1) is 0 Å². The van der Waals surface area contributed by atoms with Crippen LogP contribution in [0.5, 0.6) is 34.5 Å². The number of phenolic OH excluding ortho intramolecular Hbond substituents is 3. The van der Waals surface area contributed by atoms with Gasteiger partial charge in [0.25, 0.3) is 0 Å². The number of rotatable bonds is 6.